The summed E-state index contributed by atoms with van der Waals surface area (Å²) in [5.74, 6) is 0.724. The third-order valence-corrected chi connectivity index (χ3v) is 3.86. The molecule has 2 aromatic rings. The molecule has 1 aromatic heterocycles. The molecule has 126 valence electrons. The Morgan fingerprint density at radius 1 is 1.33 bits per heavy atom. The lowest BCUT2D eigenvalue weighted by atomic mass is 10.2. The van der Waals surface area contributed by atoms with E-state index in [0.29, 0.717) is 37.9 Å². The molecule has 1 aromatic carbocycles. The van der Waals surface area contributed by atoms with Crippen molar-refractivity contribution in [3.8, 4) is 0 Å². The molecule has 1 amide bonds. The van der Waals surface area contributed by atoms with Crippen LogP contribution in [0.1, 0.15) is 11.4 Å². The summed E-state index contributed by atoms with van der Waals surface area (Å²) < 4.78 is 5.30. The van der Waals surface area contributed by atoms with Crippen LogP contribution in [0.3, 0.4) is 0 Å². The van der Waals surface area contributed by atoms with Gasteiger partial charge in [-0.2, -0.15) is 0 Å². The number of aryl methyl sites for hydroxylation is 1. The molecule has 3 rings (SSSR count). The SMILES string of the molecule is Cc1ccccc1NC(=O)Cc1nc(N2CCOCC2)cc(=O)[nH]1. The van der Waals surface area contributed by atoms with Gasteiger partial charge >= 0.3 is 0 Å². The van der Waals surface area contributed by atoms with Gasteiger partial charge in [-0.1, -0.05) is 18.2 Å². The number of ether oxygens (including phenoxy) is 1. The summed E-state index contributed by atoms with van der Waals surface area (Å²) in [6.07, 6.45) is 0.0156. The lowest BCUT2D eigenvalue weighted by Gasteiger charge is -2.27. The number of nitrogens with zero attached hydrogens (tertiary/aromatic N) is 2. The third kappa shape index (κ3) is 3.99. The van der Waals surface area contributed by atoms with Crippen LogP contribution in [0.5, 0.6) is 0 Å². The van der Waals surface area contributed by atoms with Crippen molar-refractivity contribution < 1.29 is 9.53 Å². The average Bonchev–Trinajstić information content (AvgIpc) is 2.57. The van der Waals surface area contributed by atoms with Gasteiger partial charge in [0, 0.05) is 24.8 Å². The fourth-order valence-electron chi connectivity index (χ4n) is 2.59. The number of aromatic nitrogens is 2. The van der Waals surface area contributed by atoms with Gasteiger partial charge in [-0.15, -0.1) is 0 Å². The summed E-state index contributed by atoms with van der Waals surface area (Å²) in [5.41, 5.74) is 1.48. The molecular formula is C17H20N4O3. The van der Waals surface area contributed by atoms with E-state index in [0.717, 1.165) is 11.3 Å². The number of hydrogen-bond acceptors (Lipinski definition) is 5. The van der Waals surface area contributed by atoms with Crippen molar-refractivity contribution in [1.29, 1.82) is 0 Å². The molecule has 7 heteroatoms. The van der Waals surface area contributed by atoms with E-state index in [1.807, 2.05) is 36.1 Å². The number of amides is 1. The second-order valence-electron chi connectivity index (χ2n) is 5.69. The number of carbonyl (C=O) groups excluding carboxylic acids is 1. The molecule has 1 aliphatic heterocycles. The maximum atomic E-state index is 12.2. The van der Waals surface area contributed by atoms with Gasteiger partial charge in [-0.05, 0) is 18.6 Å². The van der Waals surface area contributed by atoms with Crippen molar-refractivity contribution >= 4 is 17.4 Å². The van der Waals surface area contributed by atoms with E-state index in [1.165, 1.54) is 6.07 Å². The molecule has 24 heavy (non-hydrogen) atoms. The summed E-state index contributed by atoms with van der Waals surface area (Å²) in [4.78, 5) is 33.1. The zero-order chi connectivity index (χ0) is 16.9. The van der Waals surface area contributed by atoms with E-state index < -0.39 is 0 Å². The summed E-state index contributed by atoms with van der Waals surface area (Å²) >= 11 is 0. The molecule has 1 saturated heterocycles. The maximum Gasteiger partial charge on any atom is 0.252 e. The first-order chi connectivity index (χ1) is 11.6. The highest BCUT2D eigenvalue weighted by Gasteiger charge is 2.15. The van der Waals surface area contributed by atoms with Crippen molar-refractivity contribution in [2.24, 2.45) is 0 Å². The standard InChI is InChI=1S/C17H20N4O3/c1-12-4-2-3-5-13(12)18-16(22)10-14-19-15(11-17(23)20-14)21-6-8-24-9-7-21/h2-5,11H,6-10H2,1H3,(H,18,22)(H,19,20,23). The number of nitrogens with one attached hydrogen (secondary N) is 2. The minimum absolute atomic E-state index is 0.0156. The van der Waals surface area contributed by atoms with E-state index in [1.54, 1.807) is 0 Å². The number of morpholine rings is 1. The molecular weight excluding hydrogens is 308 g/mol. The molecule has 2 N–H and O–H groups in total. The summed E-state index contributed by atoms with van der Waals surface area (Å²) in [6.45, 7) is 4.51. The van der Waals surface area contributed by atoms with E-state index in [4.69, 9.17) is 4.74 Å². The first-order valence-electron chi connectivity index (χ1n) is 7.90. The Bertz CT molecular complexity index is 781. The second kappa shape index (κ2) is 7.27. The number of carbonyl (C=O) groups is 1. The van der Waals surface area contributed by atoms with Gasteiger partial charge < -0.3 is 19.9 Å². The molecule has 2 heterocycles. The summed E-state index contributed by atoms with van der Waals surface area (Å²) in [6, 6.07) is 8.99. The van der Waals surface area contributed by atoms with Gasteiger partial charge in [0.15, 0.2) is 0 Å². The number of anilines is 2. The van der Waals surface area contributed by atoms with Crippen LogP contribution in [-0.2, 0) is 16.0 Å². The van der Waals surface area contributed by atoms with Crippen LogP contribution < -0.4 is 15.8 Å². The van der Waals surface area contributed by atoms with Gasteiger partial charge in [0.25, 0.3) is 5.56 Å². The first kappa shape index (κ1) is 16.2. The van der Waals surface area contributed by atoms with Gasteiger partial charge in [-0.3, -0.25) is 9.59 Å². The molecule has 0 spiro atoms. The molecule has 0 aliphatic carbocycles. The second-order valence-corrected chi connectivity index (χ2v) is 5.69. The Morgan fingerprint density at radius 2 is 2.08 bits per heavy atom. The van der Waals surface area contributed by atoms with Crippen LogP contribution >= 0.6 is 0 Å². The van der Waals surface area contributed by atoms with E-state index in [9.17, 15) is 9.59 Å². The largest absolute Gasteiger partial charge is 0.378 e. The lowest BCUT2D eigenvalue weighted by molar-refractivity contribution is -0.115. The predicted octanol–water partition coefficient (Wildman–Crippen LogP) is 1.10. The van der Waals surface area contributed by atoms with E-state index in [2.05, 4.69) is 15.3 Å². The summed E-state index contributed by atoms with van der Waals surface area (Å²) in [5, 5.41) is 2.84. The molecule has 0 unspecified atom stereocenters. The Labute approximate surface area is 139 Å². The smallest absolute Gasteiger partial charge is 0.252 e. The fourth-order valence-corrected chi connectivity index (χ4v) is 2.59. The quantitative estimate of drug-likeness (QED) is 0.877. The first-order valence-corrected chi connectivity index (χ1v) is 7.90. The van der Waals surface area contributed by atoms with Crippen LogP contribution in [0.4, 0.5) is 11.5 Å². The van der Waals surface area contributed by atoms with Crippen LogP contribution in [0.25, 0.3) is 0 Å². The molecule has 1 fully saturated rings. The number of hydrogen-bond donors (Lipinski definition) is 2. The Kier molecular flexibility index (Phi) is 4.90. The summed E-state index contributed by atoms with van der Waals surface area (Å²) in [7, 11) is 0. The minimum Gasteiger partial charge on any atom is -0.378 e. The van der Waals surface area contributed by atoms with Crippen molar-refractivity contribution in [3.05, 3.63) is 52.1 Å². The minimum atomic E-state index is -0.259. The molecule has 0 atom stereocenters. The predicted molar refractivity (Wildman–Crippen MR) is 91.4 cm³/mol. The van der Waals surface area contributed by atoms with E-state index in [-0.39, 0.29) is 17.9 Å². The molecule has 0 bridgehead atoms. The highest BCUT2D eigenvalue weighted by molar-refractivity contribution is 5.92. The van der Waals surface area contributed by atoms with Gasteiger partial charge in [0.1, 0.15) is 11.6 Å². The number of rotatable bonds is 4. The van der Waals surface area contributed by atoms with Gasteiger partial charge in [0.05, 0.1) is 19.6 Å². The van der Waals surface area contributed by atoms with Gasteiger partial charge in [0.2, 0.25) is 5.91 Å². The Hall–Kier alpha value is -2.67. The third-order valence-electron chi connectivity index (χ3n) is 3.86. The average molecular weight is 328 g/mol. The van der Waals surface area contributed by atoms with Gasteiger partial charge in [-0.25, -0.2) is 4.98 Å². The van der Waals surface area contributed by atoms with Crippen LogP contribution in [0.2, 0.25) is 0 Å². The van der Waals surface area contributed by atoms with Crippen LogP contribution in [0.15, 0.2) is 35.1 Å². The van der Waals surface area contributed by atoms with E-state index >= 15 is 0 Å². The zero-order valence-electron chi connectivity index (χ0n) is 13.5. The number of benzene rings is 1. The molecule has 0 saturated carbocycles. The van der Waals surface area contributed by atoms with Crippen LogP contribution in [-0.4, -0.2) is 42.2 Å². The number of H-pyrrole nitrogens is 1. The molecule has 7 nitrogen and oxygen atoms in total. The molecule has 1 aliphatic rings. The fraction of sp³-hybridized carbons (Fsp3) is 0.353. The normalized spacial score (nSPS) is 14.5. The van der Waals surface area contributed by atoms with Crippen molar-refractivity contribution in [2.45, 2.75) is 13.3 Å². The Morgan fingerprint density at radius 3 is 2.83 bits per heavy atom. The highest BCUT2D eigenvalue weighted by Crippen LogP contribution is 2.14. The number of para-hydroxylation sites is 1. The van der Waals surface area contributed by atoms with Crippen molar-refractivity contribution in [2.75, 3.05) is 36.5 Å². The monoisotopic (exact) mass is 328 g/mol. The lowest BCUT2D eigenvalue weighted by Crippen LogP contribution is -2.37. The van der Waals surface area contributed by atoms with Crippen molar-refractivity contribution in [3.63, 3.8) is 0 Å². The number of aromatic amines is 1. The van der Waals surface area contributed by atoms with Crippen molar-refractivity contribution in [1.82, 2.24) is 9.97 Å². The zero-order valence-corrected chi connectivity index (χ0v) is 13.5. The highest BCUT2D eigenvalue weighted by atomic mass is 16.5. The topological polar surface area (TPSA) is 87.3 Å². The van der Waals surface area contributed by atoms with Crippen LogP contribution in [0, 0.1) is 6.92 Å². The maximum absolute atomic E-state index is 12.2. The molecule has 0 radical (unpaired) electrons. The Balaban J connectivity index is 1.72.